The summed E-state index contributed by atoms with van der Waals surface area (Å²) >= 11 is 5.62. The Kier molecular flexibility index (Phi) is 4.63. The molecule has 0 heterocycles. The van der Waals surface area contributed by atoms with Gasteiger partial charge >= 0.3 is 0 Å². The lowest BCUT2D eigenvalue weighted by Gasteiger charge is -2.09. The maximum atomic E-state index is 13.3. The number of aryl methyl sites for hydroxylation is 1. The summed E-state index contributed by atoms with van der Waals surface area (Å²) in [5.74, 6) is -0.177. The van der Waals surface area contributed by atoms with Crippen LogP contribution < -0.4 is 10.5 Å². The summed E-state index contributed by atoms with van der Waals surface area (Å²) in [6.07, 6.45) is 1.75. The third-order valence-electron chi connectivity index (χ3n) is 2.76. The fraction of sp³-hybridized carbons (Fsp3) is 0.200. The standard InChI is InChI=1S/C15H15ClFNO/c16-12-9-14(18)15(10-13(12)17)19-8-4-7-11-5-2-1-3-6-11/h1-3,5-6,9-10H,4,7-8,18H2. The molecule has 100 valence electrons. The fourth-order valence-electron chi connectivity index (χ4n) is 1.77. The summed E-state index contributed by atoms with van der Waals surface area (Å²) in [4.78, 5) is 0. The first-order chi connectivity index (χ1) is 9.16. The molecule has 19 heavy (non-hydrogen) atoms. The summed E-state index contributed by atoms with van der Waals surface area (Å²) in [6, 6.07) is 12.7. The Labute approximate surface area is 117 Å². The van der Waals surface area contributed by atoms with Crippen LogP contribution in [0.3, 0.4) is 0 Å². The van der Waals surface area contributed by atoms with Crippen LogP contribution >= 0.6 is 11.6 Å². The highest BCUT2D eigenvalue weighted by molar-refractivity contribution is 6.31. The van der Waals surface area contributed by atoms with Crippen LogP contribution in [-0.4, -0.2) is 6.61 Å². The van der Waals surface area contributed by atoms with Crippen molar-refractivity contribution < 1.29 is 9.13 Å². The van der Waals surface area contributed by atoms with Gasteiger partial charge in [-0.2, -0.15) is 0 Å². The number of hydrogen-bond donors (Lipinski definition) is 1. The molecule has 0 fully saturated rings. The van der Waals surface area contributed by atoms with Gasteiger partial charge in [0.1, 0.15) is 11.6 Å². The fourth-order valence-corrected chi connectivity index (χ4v) is 1.94. The summed E-state index contributed by atoms with van der Waals surface area (Å²) in [5, 5.41) is 0.00846. The molecule has 0 saturated heterocycles. The lowest BCUT2D eigenvalue weighted by molar-refractivity contribution is 0.311. The molecule has 4 heteroatoms. The lowest BCUT2D eigenvalue weighted by Crippen LogP contribution is -2.02. The van der Waals surface area contributed by atoms with Gasteiger partial charge in [0.2, 0.25) is 0 Å². The smallest absolute Gasteiger partial charge is 0.145 e. The molecule has 2 N–H and O–H groups in total. The van der Waals surface area contributed by atoms with Gasteiger partial charge in [0.25, 0.3) is 0 Å². The molecule has 0 spiro atoms. The van der Waals surface area contributed by atoms with Crippen molar-refractivity contribution in [2.75, 3.05) is 12.3 Å². The van der Waals surface area contributed by atoms with Crippen LogP contribution in [0.2, 0.25) is 5.02 Å². The van der Waals surface area contributed by atoms with Crippen LogP contribution in [0.1, 0.15) is 12.0 Å². The zero-order valence-corrected chi connectivity index (χ0v) is 11.2. The van der Waals surface area contributed by atoms with Gasteiger partial charge in [0.05, 0.1) is 17.3 Å². The predicted molar refractivity (Wildman–Crippen MR) is 76.1 cm³/mol. The Hall–Kier alpha value is -1.74. The second-order valence-corrected chi connectivity index (χ2v) is 4.65. The van der Waals surface area contributed by atoms with Crippen molar-refractivity contribution in [1.29, 1.82) is 0 Å². The molecule has 0 saturated carbocycles. The van der Waals surface area contributed by atoms with E-state index in [2.05, 4.69) is 12.1 Å². The second-order valence-electron chi connectivity index (χ2n) is 4.24. The highest BCUT2D eigenvalue weighted by Gasteiger charge is 2.07. The molecule has 0 aromatic heterocycles. The average Bonchev–Trinajstić information content (AvgIpc) is 2.41. The van der Waals surface area contributed by atoms with E-state index >= 15 is 0 Å². The lowest BCUT2D eigenvalue weighted by atomic mass is 10.1. The van der Waals surface area contributed by atoms with Gasteiger partial charge in [-0.05, 0) is 24.5 Å². The Morgan fingerprint density at radius 1 is 1.16 bits per heavy atom. The molecule has 0 amide bonds. The van der Waals surface area contributed by atoms with Crippen LogP contribution in [-0.2, 0) is 6.42 Å². The molecular formula is C15H15ClFNO. The highest BCUT2D eigenvalue weighted by atomic mass is 35.5. The molecular weight excluding hydrogens is 265 g/mol. The largest absolute Gasteiger partial charge is 0.491 e. The van der Waals surface area contributed by atoms with Gasteiger partial charge in [-0.25, -0.2) is 4.39 Å². The molecule has 0 aliphatic carbocycles. The molecule has 0 atom stereocenters. The topological polar surface area (TPSA) is 35.2 Å². The van der Waals surface area contributed by atoms with E-state index in [0.29, 0.717) is 18.0 Å². The highest BCUT2D eigenvalue weighted by Crippen LogP contribution is 2.28. The first kappa shape index (κ1) is 13.7. The molecule has 2 aromatic carbocycles. The molecule has 2 nitrogen and oxygen atoms in total. The van der Waals surface area contributed by atoms with Crippen LogP contribution in [0.4, 0.5) is 10.1 Å². The van der Waals surface area contributed by atoms with E-state index in [1.54, 1.807) is 0 Å². The minimum absolute atomic E-state index is 0.00846. The average molecular weight is 280 g/mol. The molecule has 0 bridgehead atoms. The molecule has 0 aliphatic heterocycles. The van der Waals surface area contributed by atoms with Crippen molar-refractivity contribution in [3.05, 3.63) is 58.9 Å². The normalized spacial score (nSPS) is 10.4. The monoisotopic (exact) mass is 279 g/mol. The number of rotatable bonds is 5. The molecule has 2 rings (SSSR count). The van der Waals surface area contributed by atoms with Gasteiger partial charge in [-0.15, -0.1) is 0 Å². The van der Waals surface area contributed by atoms with Crippen molar-refractivity contribution in [2.45, 2.75) is 12.8 Å². The van der Waals surface area contributed by atoms with Gasteiger partial charge in [0, 0.05) is 6.07 Å². The molecule has 2 aromatic rings. The summed E-state index contributed by atoms with van der Waals surface area (Å²) in [6.45, 7) is 0.486. The minimum atomic E-state index is -0.520. The molecule has 0 unspecified atom stereocenters. The van der Waals surface area contributed by atoms with Crippen molar-refractivity contribution in [1.82, 2.24) is 0 Å². The number of ether oxygens (including phenoxy) is 1. The number of hydrogen-bond acceptors (Lipinski definition) is 2. The number of anilines is 1. The predicted octanol–water partition coefficient (Wildman–Crippen LogP) is 4.07. The summed E-state index contributed by atoms with van der Waals surface area (Å²) in [7, 11) is 0. The van der Waals surface area contributed by atoms with Crippen LogP contribution in [0, 0.1) is 5.82 Å². The van der Waals surface area contributed by atoms with E-state index < -0.39 is 5.82 Å². The van der Waals surface area contributed by atoms with Crippen LogP contribution in [0.15, 0.2) is 42.5 Å². The van der Waals surface area contributed by atoms with Gasteiger partial charge < -0.3 is 10.5 Å². The molecule has 0 aliphatic rings. The van der Waals surface area contributed by atoms with Crippen LogP contribution in [0.5, 0.6) is 5.75 Å². The van der Waals surface area contributed by atoms with E-state index in [9.17, 15) is 4.39 Å². The second kappa shape index (κ2) is 6.43. The maximum Gasteiger partial charge on any atom is 0.145 e. The summed E-state index contributed by atoms with van der Waals surface area (Å²) < 4.78 is 18.7. The number of nitrogen functional groups attached to an aromatic ring is 1. The maximum absolute atomic E-state index is 13.3. The Morgan fingerprint density at radius 3 is 2.63 bits per heavy atom. The van der Waals surface area contributed by atoms with E-state index in [-0.39, 0.29) is 5.02 Å². The van der Waals surface area contributed by atoms with Crippen LogP contribution in [0.25, 0.3) is 0 Å². The van der Waals surface area contributed by atoms with Crippen molar-refractivity contribution in [3.63, 3.8) is 0 Å². The number of nitrogens with two attached hydrogens (primary N) is 1. The van der Waals surface area contributed by atoms with Gasteiger partial charge in [-0.1, -0.05) is 41.9 Å². The quantitative estimate of drug-likeness (QED) is 0.661. The summed E-state index contributed by atoms with van der Waals surface area (Å²) in [5.41, 5.74) is 7.31. The Morgan fingerprint density at radius 2 is 1.89 bits per heavy atom. The van der Waals surface area contributed by atoms with Crippen molar-refractivity contribution in [3.8, 4) is 5.75 Å². The Balaban J connectivity index is 1.85. The first-order valence-electron chi connectivity index (χ1n) is 6.08. The van der Waals surface area contributed by atoms with E-state index in [1.807, 2.05) is 18.2 Å². The first-order valence-corrected chi connectivity index (χ1v) is 6.46. The number of halogens is 2. The minimum Gasteiger partial charge on any atom is -0.491 e. The van der Waals surface area contributed by atoms with Gasteiger partial charge in [0.15, 0.2) is 0 Å². The van der Waals surface area contributed by atoms with Crippen molar-refractivity contribution in [2.24, 2.45) is 0 Å². The molecule has 0 radical (unpaired) electrons. The zero-order valence-electron chi connectivity index (χ0n) is 10.4. The zero-order chi connectivity index (χ0) is 13.7. The Bertz CT molecular complexity index is 545. The third kappa shape index (κ3) is 3.86. The van der Waals surface area contributed by atoms with E-state index in [4.69, 9.17) is 22.1 Å². The van der Waals surface area contributed by atoms with Crippen molar-refractivity contribution >= 4 is 17.3 Å². The SMILES string of the molecule is Nc1cc(Cl)c(F)cc1OCCCc1ccccc1. The van der Waals surface area contributed by atoms with E-state index in [0.717, 1.165) is 12.8 Å². The number of benzene rings is 2. The van der Waals surface area contributed by atoms with Gasteiger partial charge in [-0.3, -0.25) is 0 Å². The van der Waals surface area contributed by atoms with E-state index in [1.165, 1.54) is 17.7 Å². The third-order valence-corrected chi connectivity index (χ3v) is 3.05.